The van der Waals surface area contributed by atoms with Gasteiger partial charge in [-0.15, -0.1) is 0 Å². The summed E-state index contributed by atoms with van der Waals surface area (Å²) in [7, 11) is 0. The molecule has 3 rings (SSSR count). The number of rotatable bonds is 0. The van der Waals surface area contributed by atoms with Crippen LogP contribution in [0.4, 0.5) is 5.69 Å². The second-order valence-corrected chi connectivity index (χ2v) is 5.50. The fourth-order valence-corrected chi connectivity index (χ4v) is 3.20. The Kier molecular flexibility index (Phi) is 2.42. The number of nitrogens with two attached hydrogens (primary N) is 1. The normalized spacial score (nSPS) is 31.4. The lowest BCUT2D eigenvalue weighted by Gasteiger charge is -2.34. The third-order valence-corrected chi connectivity index (χ3v) is 4.30. The first-order chi connectivity index (χ1) is 8.12. The molecule has 1 amide bonds. The summed E-state index contributed by atoms with van der Waals surface area (Å²) in [6.07, 6.45) is 3.51. The molecule has 1 saturated carbocycles. The van der Waals surface area contributed by atoms with Gasteiger partial charge in [-0.2, -0.15) is 0 Å². The maximum Gasteiger partial charge on any atom is 0.235 e. The summed E-state index contributed by atoms with van der Waals surface area (Å²) in [5.41, 5.74) is 7.54. The third kappa shape index (κ3) is 1.57. The molecule has 0 saturated heterocycles. The van der Waals surface area contributed by atoms with E-state index in [1.54, 1.807) is 0 Å². The average molecular weight is 251 g/mol. The number of hydrogen-bond acceptors (Lipinski definition) is 2. The number of hydrogen-bond donors (Lipinski definition) is 2. The van der Waals surface area contributed by atoms with Crippen molar-refractivity contribution in [2.24, 2.45) is 5.73 Å². The van der Waals surface area contributed by atoms with Crippen LogP contribution in [0.25, 0.3) is 0 Å². The molecule has 17 heavy (non-hydrogen) atoms. The molecule has 0 radical (unpaired) electrons. The highest BCUT2D eigenvalue weighted by atomic mass is 35.5. The van der Waals surface area contributed by atoms with E-state index in [1.807, 2.05) is 18.2 Å². The molecule has 1 aromatic carbocycles. The van der Waals surface area contributed by atoms with Crippen LogP contribution in [0.5, 0.6) is 0 Å². The fraction of sp³-hybridized carbons (Fsp3) is 0.462. The summed E-state index contributed by atoms with van der Waals surface area (Å²) in [5.74, 6) is 0.113. The van der Waals surface area contributed by atoms with Crippen LogP contribution in [0.3, 0.4) is 0 Å². The first-order valence-electron chi connectivity index (χ1n) is 5.99. The number of amides is 1. The number of nitrogens with one attached hydrogen (secondary N) is 1. The molecule has 1 aromatic rings. The number of anilines is 1. The van der Waals surface area contributed by atoms with Crippen LogP contribution in [-0.2, 0) is 10.2 Å². The van der Waals surface area contributed by atoms with Gasteiger partial charge in [-0.3, -0.25) is 4.79 Å². The van der Waals surface area contributed by atoms with Gasteiger partial charge in [0.2, 0.25) is 5.91 Å². The standard InChI is InChI=1S/C13H15ClN2O/c14-8-1-2-10-11(7-8)16-12(17)13(10)5-3-9(15)4-6-13/h1-2,7,9H,3-6,15H2,(H,16,17). The maximum atomic E-state index is 12.2. The van der Waals surface area contributed by atoms with Gasteiger partial charge in [0.15, 0.2) is 0 Å². The molecule has 90 valence electrons. The largest absolute Gasteiger partial charge is 0.328 e. The van der Waals surface area contributed by atoms with Crippen LogP contribution in [0.2, 0.25) is 5.02 Å². The molecule has 3 N–H and O–H groups in total. The Bertz CT molecular complexity index is 478. The Morgan fingerprint density at radius 3 is 2.76 bits per heavy atom. The van der Waals surface area contributed by atoms with Crippen LogP contribution < -0.4 is 11.1 Å². The van der Waals surface area contributed by atoms with Gasteiger partial charge in [0.1, 0.15) is 0 Å². The maximum absolute atomic E-state index is 12.2. The molecule has 1 spiro atoms. The third-order valence-electron chi connectivity index (χ3n) is 4.06. The minimum absolute atomic E-state index is 0.113. The van der Waals surface area contributed by atoms with Crippen LogP contribution >= 0.6 is 11.6 Å². The molecule has 1 aliphatic heterocycles. The van der Waals surface area contributed by atoms with Crippen molar-refractivity contribution in [1.82, 2.24) is 0 Å². The zero-order chi connectivity index (χ0) is 12.0. The molecule has 1 fully saturated rings. The molecular formula is C13H15ClN2O. The topological polar surface area (TPSA) is 55.1 Å². The second kappa shape index (κ2) is 3.72. The monoisotopic (exact) mass is 250 g/mol. The van der Waals surface area contributed by atoms with Gasteiger partial charge in [0.05, 0.1) is 5.41 Å². The van der Waals surface area contributed by atoms with Crippen molar-refractivity contribution in [2.75, 3.05) is 5.32 Å². The van der Waals surface area contributed by atoms with E-state index in [0.717, 1.165) is 36.9 Å². The van der Waals surface area contributed by atoms with Gasteiger partial charge >= 0.3 is 0 Å². The number of halogens is 1. The zero-order valence-corrected chi connectivity index (χ0v) is 10.3. The summed E-state index contributed by atoms with van der Waals surface area (Å²) in [6, 6.07) is 5.91. The van der Waals surface area contributed by atoms with Gasteiger partial charge in [-0.05, 0) is 43.4 Å². The molecule has 3 nitrogen and oxygen atoms in total. The first kappa shape index (κ1) is 11.1. The van der Waals surface area contributed by atoms with E-state index in [9.17, 15) is 4.79 Å². The van der Waals surface area contributed by atoms with Crippen LogP contribution in [0, 0.1) is 0 Å². The molecular weight excluding hydrogens is 236 g/mol. The number of benzene rings is 1. The molecule has 0 aromatic heterocycles. The van der Waals surface area contributed by atoms with Crippen molar-refractivity contribution < 1.29 is 4.79 Å². The number of fused-ring (bicyclic) bond motifs is 2. The predicted octanol–water partition coefficient (Wildman–Crippen LogP) is 2.43. The number of carbonyl (C=O) groups is 1. The Labute approximate surface area is 105 Å². The Morgan fingerprint density at radius 2 is 2.06 bits per heavy atom. The lowest BCUT2D eigenvalue weighted by molar-refractivity contribution is -0.122. The van der Waals surface area contributed by atoms with E-state index in [4.69, 9.17) is 17.3 Å². The highest BCUT2D eigenvalue weighted by Crippen LogP contribution is 2.47. The van der Waals surface area contributed by atoms with Crippen LogP contribution in [0.1, 0.15) is 31.2 Å². The zero-order valence-electron chi connectivity index (χ0n) is 9.50. The van der Waals surface area contributed by atoms with Crippen molar-refractivity contribution in [3.05, 3.63) is 28.8 Å². The summed E-state index contributed by atoms with van der Waals surface area (Å²) in [5, 5.41) is 3.61. The summed E-state index contributed by atoms with van der Waals surface area (Å²) in [4.78, 5) is 12.2. The van der Waals surface area contributed by atoms with Crippen molar-refractivity contribution in [3.63, 3.8) is 0 Å². The highest BCUT2D eigenvalue weighted by molar-refractivity contribution is 6.31. The van der Waals surface area contributed by atoms with Gasteiger partial charge in [0.25, 0.3) is 0 Å². The fourth-order valence-electron chi connectivity index (χ4n) is 3.03. The average Bonchev–Trinajstić information content (AvgIpc) is 2.55. The highest BCUT2D eigenvalue weighted by Gasteiger charge is 2.48. The molecule has 0 atom stereocenters. The minimum Gasteiger partial charge on any atom is -0.328 e. The SMILES string of the molecule is NC1CCC2(CC1)C(=O)Nc1cc(Cl)ccc12. The van der Waals surface area contributed by atoms with Gasteiger partial charge in [-0.1, -0.05) is 17.7 Å². The van der Waals surface area contributed by atoms with Gasteiger partial charge in [0, 0.05) is 16.8 Å². The number of carbonyl (C=O) groups excluding carboxylic acids is 1. The van der Waals surface area contributed by atoms with E-state index >= 15 is 0 Å². The Morgan fingerprint density at radius 1 is 1.35 bits per heavy atom. The first-order valence-corrected chi connectivity index (χ1v) is 6.37. The predicted molar refractivity (Wildman–Crippen MR) is 68.2 cm³/mol. The van der Waals surface area contributed by atoms with Crippen LogP contribution in [0.15, 0.2) is 18.2 Å². The second-order valence-electron chi connectivity index (χ2n) is 5.06. The van der Waals surface area contributed by atoms with E-state index in [0.29, 0.717) is 5.02 Å². The molecule has 1 heterocycles. The smallest absolute Gasteiger partial charge is 0.235 e. The molecule has 2 aliphatic rings. The van der Waals surface area contributed by atoms with Crippen molar-refractivity contribution in [1.29, 1.82) is 0 Å². The molecule has 0 unspecified atom stereocenters. The van der Waals surface area contributed by atoms with Gasteiger partial charge in [-0.25, -0.2) is 0 Å². The quantitative estimate of drug-likeness (QED) is 0.743. The summed E-state index contributed by atoms with van der Waals surface area (Å²) in [6.45, 7) is 0. The lowest BCUT2D eigenvalue weighted by Crippen LogP contribution is -2.41. The van der Waals surface area contributed by atoms with E-state index < -0.39 is 0 Å². The molecule has 4 heteroatoms. The lowest BCUT2D eigenvalue weighted by atomic mass is 9.69. The summed E-state index contributed by atoms with van der Waals surface area (Å²) < 4.78 is 0. The van der Waals surface area contributed by atoms with Crippen molar-refractivity contribution in [3.8, 4) is 0 Å². The molecule has 0 bridgehead atoms. The van der Waals surface area contributed by atoms with E-state index in [1.165, 1.54) is 0 Å². The van der Waals surface area contributed by atoms with E-state index in [2.05, 4.69) is 5.32 Å². The molecule has 1 aliphatic carbocycles. The summed E-state index contributed by atoms with van der Waals surface area (Å²) >= 11 is 5.95. The van der Waals surface area contributed by atoms with Crippen molar-refractivity contribution in [2.45, 2.75) is 37.1 Å². The van der Waals surface area contributed by atoms with E-state index in [-0.39, 0.29) is 17.4 Å². The Balaban J connectivity index is 2.05. The minimum atomic E-state index is -0.351. The van der Waals surface area contributed by atoms with Gasteiger partial charge < -0.3 is 11.1 Å². The van der Waals surface area contributed by atoms with Crippen LogP contribution in [-0.4, -0.2) is 11.9 Å². The Hall–Kier alpha value is -1.06. The van der Waals surface area contributed by atoms with Crippen molar-refractivity contribution >= 4 is 23.2 Å².